The van der Waals surface area contributed by atoms with Crippen molar-refractivity contribution in [2.45, 2.75) is 39.5 Å². The van der Waals surface area contributed by atoms with Crippen molar-refractivity contribution in [2.75, 3.05) is 43.4 Å². The van der Waals surface area contributed by atoms with Crippen LogP contribution >= 0.6 is 0 Å². The molecule has 3 aromatic rings. The van der Waals surface area contributed by atoms with Gasteiger partial charge >= 0.3 is 6.01 Å². The van der Waals surface area contributed by atoms with E-state index in [1.165, 1.54) is 11.6 Å². The number of aromatic nitrogens is 3. The van der Waals surface area contributed by atoms with Crippen molar-refractivity contribution in [1.29, 1.82) is 0 Å². The van der Waals surface area contributed by atoms with E-state index < -0.39 is 5.82 Å². The number of nitrogens with zero attached hydrogens (tertiary/aromatic N) is 5. The maximum Gasteiger partial charge on any atom is 0.326 e. The molecule has 8 nitrogen and oxygen atoms in total. The molecule has 184 valence electrons. The van der Waals surface area contributed by atoms with Gasteiger partial charge in [0, 0.05) is 43.7 Å². The van der Waals surface area contributed by atoms with Crippen LogP contribution in [0.15, 0.2) is 34.4 Å². The number of fused-ring (bicyclic) bond motifs is 1. The van der Waals surface area contributed by atoms with Crippen LogP contribution in [-0.2, 0) is 11.8 Å². The van der Waals surface area contributed by atoms with Crippen molar-refractivity contribution in [3.8, 4) is 11.8 Å². The van der Waals surface area contributed by atoms with Crippen LogP contribution in [0.4, 0.5) is 21.8 Å². The number of likely N-dealkylation sites (N-methyl/N-ethyl adjacent to an activating group) is 1. The van der Waals surface area contributed by atoms with E-state index in [0.717, 1.165) is 49.5 Å². The smallest absolute Gasteiger partial charge is 0.326 e. The van der Waals surface area contributed by atoms with Crippen molar-refractivity contribution < 1.29 is 13.7 Å². The van der Waals surface area contributed by atoms with Gasteiger partial charge in [0.1, 0.15) is 17.4 Å². The molecule has 0 spiro atoms. The Morgan fingerprint density at radius 3 is 2.51 bits per heavy atom. The highest BCUT2D eigenvalue weighted by molar-refractivity contribution is 5.65. The summed E-state index contributed by atoms with van der Waals surface area (Å²) in [4.78, 5) is 13.6. The molecule has 0 saturated carbocycles. The molecule has 1 saturated heterocycles. The molecule has 1 N–H and O–H groups in total. The third kappa shape index (κ3) is 5.14. The van der Waals surface area contributed by atoms with Crippen molar-refractivity contribution in [2.24, 2.45) is 0 Å². The molecular formula is C26H31FN6O2. The fourth-order valence-electron chi connectivity index (χ4n) is 4.23. The fraction of sp³-hybridized carbons (Fsp3) is 0.423. The molecule has 2 aromatic heterocycles. The van der Waals surface area contributed by atoms with E-state index in [1.54, 1.807) is 6.07 Å². The normalized spacial score (nSPS) is 16.3. The summed E-state index contributed by atoms with van der Waals surface area (Å²) in [6.07, 6.45) is 2.80. The summed E-state index contributed by atoms with van der Waals surface area (Å²) in [6.45, 7) is 11.7. The first kappa shape index (κ1) is 23.3. The van der Waals surface area contributed by atoms with E-state index in [1.807, 2.05) is 25.1 Å². The summed E-state index contributed by atoms with van der Waals surface area (Å²) >= 11 is 0. The van der Waals surface area contributed by atoms with Gasteiger partial charge in [0.15, 0.2) is 17.4 Å². The number of nitrogens with one attached hydrogen (secondary N) is 1. The quantitative estimate of drug-likeness (QED) is 0.540. The van der Waals surface area contributed by atoms with Crippen molar-refractivity contribution in [3.05, 3.63) is 52.5 Å². The van der Waals surface area contributed by atoms with E-state index in [9.17, 15) is 4.39 Å². The SMILES string of the molecule is CC1=Cc2cc(Oc3nc(Nc4cc(C(C)(C)C)on4)cc(N4CCN(C)CC4)n3)c(F)cc2C1. The molecule has 0 amide bonds. The van der Waals surface area contributed by atoms with Gasteiger partial charge in [-0.05, 0) is 43.7 Å². The molecular weight excluding hydrogens is 447 g/mol. The second-order valence-electron chi connectivity index (χ2n) is 10.4. The lowest BCUT2D eigenvalue weighted by atomic mass is 9.93. The van der Waals surface area contributed by atoms with Crippen LogP contribution in [0, 0.1) is 5.82 Å². The Labute approximate surface area is 204 Å². The monoisotopic (exact) mass is 478 g/mol. The Morgan fingerprint density at radius 1 is 1.03 bits per heavy atom. The lowest BCUT2D eigenvalue weighted by Gasteiger charge is -2.33. The van der Waals surface area contributed by atoms with Crippen LogP contribution in [0.25, 0.3) is 6.08 Å². The molecule has 0 unspecified atom stereocenters. The highest BCUT2D eigenvalue weighted by Crippen LogP contribution is 2.33. The largest absolute Gasteiger partial charge is 0.421 e. The standard InChI is InChI=1S/C26H31FN6O2/c1-16-10-17-12-19(27)20(13-18(17)11-16)34-25-29-22(28-23-14-21(35-31-23)26(2,3)4)15-24(30-25)33-8-6-32(5)7-9-33/h11-15H,6-10H2,1-5H3,(H,28,29,30,31). The summed E-state index contributed by atoms with van der Waals surface area (Å²) in [6, 6.07) is 7.03. The van der Waals surface area contributed by atoms with E-state index in [0.29, 0.717) is 17.5 Å². The van der Waals surface area contributed by atoms with Gasteiger partial charge in [0.25, 0.3) is 0 Å². The number of anilines is 3. The molecule has 0 radical (unpaired) electrons. The molecule has 1 aliphatic heterocycles. The van der Waals surface area contributed by atoms with Crippen LogP contribution in [0.2, 0.25) is 0 Å². The average Bonchev–Trinajstić information content (AvgIpc) is 3.40. The molecule has 1 aromatic carbocycles. The number of ether oxygens (including phenoxy) is 1. The topological polar surface area (TPSA) is 79.5 Å². The number of halogens is 1. The maximum absolute atomic E-state index is 14.9. The molecule has 1 aliphatic carbocycles. The summed E-state index contributed by atoms with van der Waals surface area (Å²) in [5.41, 5.74) is 2.95. The average molecular weight is 479 g/mol. The molecule has 35 heavy (non-hydrogen) atoms. The summed E-state index contributed by atoms with van der Waals surface area (Å²) in [7, 11) is 2.10. The number of hydrogen-bond acceptors (Lipinski definition) is 8. The van der Waals surface area contributed by atoms with Gasteiger partial charge in [-0.15, -0.1) is 0 Å². The number of hydrogen-bond donors (Lipinski definition) is 1. The first-order chi connectivity index (χ1) is 16.6. The Hall–Kier alpha value is -3.46. The van der Waals surface area contributed by atoms with E-state index in [-0.39, 0.29) is 17.2 Å². The zero-order valence-corrected chi connectivity index (χ0v) is 20.9. The number of benzene rings is 1. The second-order valence-corrected chi connectivity index (χ2v) is 10.4. The molecule has 5 rings (SSSR count). The van der Waals surface area contributed by atoms with Gasteiger partial charge < -0.3 is 24.4 Å². The molecule has 0 bridgehead atoms. The maximum atomic E-state index is 14.9. The minimum absolute atomic E-state index is 0.0704. The lowest BCUT2D eigenvalue weighted by molar-refractivity contribution is 0.311. The zero-order chi connectivity index (χ0) is 24.7. The first-order valence-corrected chi connectivity index (χ1v) is 11.9. The lowest BCUT2D eigenvalue weighted by Crippen LogP contribution is -2.44. The van der Waals surface area contributed by atoms with Gasteiger partial charge in [-0.25, -0.2) is 4.39 Å². The summed E-state index contributed by atoms with van der Waals surface area (Å²) in [5, 5.41) is 7.33. The van der Waals surface area contributed by atoms with Crippen LogP contribution in [-0.4, -0.2) is 53.3 Å². The van der Waals surface area contributed by atoms with Gasteiger partial charge in [-0.2, -0.15) is 9.97 Å². The minimum atomic E-state index is -0.429. The van der Waals surface area contributed by atoms with Gasteiger partial charge in [0.2, 0.25) is 0 Å². The Morgan fingerprint density at radius 2 is 1.80 bits per heavy atom. The molecule has 0 atom stereocenters. The number of rotatable bonds is 5. The summed E-state index contributed by atoms with van der Waals surface area (Å²) < 4.78 is 26.3. The zero-order valence-electron chi connectivity index (χ0n) is 20.9. The molecule has 2 aliphatic rings. The molecule has 1 fully saturated rings. The van der Waals surface area contributed by atoms with Crippen molar-refractivity contribution in [3.63, 3.8) is 0 Å². The van der Waals surface area contributed by atoms with E-state index in [2.05, 4.69) is 58.1 Å². The highest BCUT2D eigenvalue weighted by atomic mass is 19.1. The summed E-state index contributed by atoms with van der Waals surface area (Å²) in [5.74, 6) is 2.17. The first-order valence-electron chi connectivity index (χ1n) is 11.9. The van der Waals surface area contributed by atoms with Crippen molar-refractivity contribution >= 4 is 23.5 Å². The molecule has 9 heteroatoms. The molecule has 3 heterocycles. The third-order valence-electron chi connectivity index (χ3n) is 6.29. The minimum Gasteiger partial charge on any atom is -0.421 e. The predicted molar refractivity (Wildman–Crippen MR) is 134 cm³/mol. The number of allylic oxidation sites excluding steroid dienone is 1. The second kappa shape index (κ2) is 8.96. The van der Waals surface area contributed by atoms with E-state index >= 15 is 0 Å². The Bertz CT molecular complexity index is 1270. The van der Waals surface area contributed by atoms with Gasteiger partial charge in [-0.1, -0.05) is 37.6 Å². The van der Waals surface area contributed by atoms with Crippen LogP contribution in [0.1, 0.15) is 44.6 Å². The van der Waals surface area contributed by atoms with Crippen LogP contribution in [0.3, 0.4) is 0 Å². The predicted octanol–water partition coefficient (Wildman–Crippen LogP) is 5.15. The number of piperazine rings is 1. The van der Waals surface area contributed by atoms with Gasteiger partial charge in [0.05, 0.1) is 0 Å². The Balaban J connectivity index is 1.46. The third-order valence-corrected chi connectivity index (χ3v) is 6.29. The Kier molecular flexibility index (Phi) is 5.96. The highest BCUT2D eigenvalue weighted by Gasteiger charge is 2.22. The van der Waals surface area contributed by atoms with Crippen LogP contribution in [0.5, 0.6) is 11.8 Å². The van der Waals surface area contributed by atoms with Crippen molar-refractivity contribution in [1.82, 2.24) is 20.0 Å². The van der Waals surface area contributed by atoms with Crippen LogP contribution < -0.4 is 15.0 Å². The van der Waals surface area contributed by atoms with Gasteiger partial charge in [-0.3, -0.25) is 0 Å². The fourth-order valence-corrected chi connectivity index (χ4v) is 4.23. The van der Waals surface area contributed by atoms with E-state index in [4.69, 9.17) is 9.26 Å².